The first-order valence-electron chi connectivity index (χ1n) is 6.71. The lowest BCUT2D eigenvalue weighted by atomic mass is 10.3. The van der Waals surface area contributed by atoms with Gasteiger partial charge in [-0.05, 0) is 43.4 Å². The third kappa shape index (κ3) is 3.39. The summed E-state index contributed by atoms with van der Waals surface area (Å²) in [4.78, 5) is 12.5. The number of methoxy groups -OCH3 is 1. The van der Waals surface area contributed by atoms with Gasteiger partial charge < -0.3 is 4.74 Å². The number of ether oxygens (including phenoxy) is 1. The number of H-pyrrole nitrogens is 1. The molecule has 0 unspecified atom stereocenters. The summed E-state index contributed by atoms with van der Waals surface area (Å²) in [6.45, 7) is 3.96. The molecular formula is C15H18N2O2S2. The molecule has 2 aromatic rings. The van der Waals surface area contributed by atoms with Crippen LogP contribution in [0.4, 0.5) is 0 Å². The van der Waals surface area contributed by atoms with Crippen molar-refractivity contribution in [3.63, 3.8) is 0 Å². The fourth-order valence-corrected chi connectivity index (χ4v) is 3.23. The predicted molar refractivity (Wildman–Crippen MR) is 92.1 cm³/mol. The molecule has 0 amide bonds. The number of aromatic nitrogens is 2. The van der Waals surface area contributed by atoms with Crippen molar-refractivity contribution in [3.8, 4) is 11.4 Å². The first-order valence-corrected chi connectivity index (χ1v) is 8.11. The predicted octanol–water partition coefficient (Wildman–Crippen LogP) is 3.30. The lowest BCUT2D eigenvalue weighted by molar-refractivity contribution is 0.414. The van der Waals surface area contributed by atoms with Gasteiger partial charge in [0.05, 0.1) is 22.6 Å². The maximum Gasteiger partial charge on any atom is 0.280 e. The Labute approximate surface area is 133 Å². The van der Waals surface area contributed by atoms with Crippen molar-refractivity contribution in [1.29, 1.82) is 0 Å². The van der Waals surface area contributed by atoms with E-state index in [9.17, 15) is 4.79 Å². The molecule has 112 valence electrons. The van der Waals surface area contributed by atoms with Gasteiger partial charge in [-0.3, -0.25) is 9.89 Å². The molecule has 1 aromatic heterocycles. The van der Waals surface area contributed by atoms with E-state index in [0.29, 0.717) is 9.76 Å². The molecule has 0 aliphatic heterocycles. The van der Waals surface area contributed by atoms with Crippen LogP contribution in [0.1, 0.15) is 24.6 Å². The fourth-order valence-electron chi connectivity index (χ4n) is 1.97. The van der Waals surface area contributed by atoms with Crippen molar-refractivity contribution < 1.29 is 4.74 Å². The second kappa shape index (κ2) is 6.95. The zero-order valence-corrected chi connectivity index (χ0v) is 13.9. The molecule has 21 heavy (non-hydrogen) atoms. The van der Waals surface area contributed by atoms with Crippen molar-refractivity contribution in [2.45, 2.75) is 20.3 Å². The SMILES string of the molecule is CCCSC(=S)c1c(C)[nH]n(-c2ccc(OC)cc2)c1=O. The summed E-state index contributed by atoms with van der Waals surface area (Å²) in [5.41, 5.74) is 2.05. The van der Waals surface area contributed by atoms with Crippen molar-refractivity contribution >= 4 is 28.2 Å². The van der Waals surface area contributed by atoms with Gasteiger partial charge in [-0.25, -0.2) is 4.68 Å². The molecule has 1 N–H and O–H groups in total. The molecule has 1 heterocycles. The number of aromatic amines is 1. The number of nitrogens with one attached hydrogen (secondary N) is 1. The van der Waals surface area contributed by atoms with Gasteiger partial charge in [-0.1, -0.05) is 19.1 Å². The summed E-state index contributed by atoms with van der Waals surface area (Å²) in [5.74, 6) is 1.68. The molecular weight excluding hydrogens is 304 g/mol. The van der Waals surface area contributed by atoms with Crippen LogP contribution in [0.15, 0.2) is 29.1 Å². The molecule has 6 heteroatoms. The van der Waals surface area contributed by atoms with Crippen molar-refractivity contribution in [2.75, 3.05) is 12.9 Å². The summed E-state index contributed by atoms with van der Waals surface area (Å²) in [6.07, 6.45) is 1.03. The summed E-state index contributed by atoms with van der Waals surface area (Å²) in [6, 6.07) is 7.31. The Hall–Kier alpha value is -1.53. The minimum absolute atomic E-state index is 0.105. The molecule has 4 nitrogen and oxygen atoms in total. The summed E-state index contributed by atoms with van der Waals surface area (Å²) >= 11 is 6.92. The number of hydrogen-bond acceptors (Lipinski definition) is 4. The number of rotatable bonds is 5. The van der Waals surface area contributed by atoms with Gasteiger partial charge in [-0.2, -0.15) is 0 Å². The van der Waals surface area contributed by atoms with E-state index in [0.717, 1.165) is 29.3 Å². The molecule has 1 aromatic carbocycles. The standard InChI is InChI=1S/C15H18N2O2S2/c1-4-9-21-15(20)13-10(2)16-17(14(13)18)11-5-7-12(19-3)8-6-11/h5-8,16H,4,9H2,1-3H3. The Balaban J connectivity index is 2.38. The normalized spacial score (nSPS) is 10.6. The van der Waals surface area contributed by atoms with Crippen LogP contribution in [0.3, 0.4) is 0 Å². The van der Waals surface area contributed by atoms with E-state index in [4.69, 9.17) is 17.0 Å². The topological polar surface area (TPSA) is 47.0 Å². The van der Waals surface area contributed by atoms with Crippen molar-refractivity contribution in [3.05, 3.63) is 45.9 Å². The number of thiocarbonyl (C=S) groups is 1. The third-order valence-electron chi connectivity index (χ3n) is 3.04. The van der Waals surface area contributed by atoms with E-state index < -0.39 is 0 Å². The van der Waals surface area contributed by atoms with Gasteiger partial charge in [0, 0.05) is 5.69 Å². The first-order chi connectivity index (χ1) is 10.1. The maximum atomic E-state index is 12.5. The van der Waals surface area contributed by atoms with Crippen LogP contribution in [0.2, 0.25) is 0 Å². The molecule has 0 atom stereocenters. The Morgan fingerprint density at radius 1 is 1.38 bits per heavy atom. The highest BCUT2D eigenvalue weighted by Crippen LogP contribution is 2.17. The number of nitrogens with zero attached hydrogens (tertiary/aromatic N) is 1. The second-order valence-electron chi connectivity index (χ2n) is 4.59. The average molecular weight is 322 g/mol. The largest absolute Gasteiger partial charge is 0.497 e. The van der Waals surface area contributed by atoms with E-state index in [1.807, 2.05) is 31.2 Å². The minimum atomic E-state index is -0.105. The summed E-state index contributed by atoms with van der Waals surface area (Å²) in [5, 5.41) is 3.09. The van der Waals surface area contributed by atoms with Crippen LogP contribution in [0, 0.1) is 6.92 Å². The van der Waals surface area contributed by atoms with Gasteiger partial charge in [0.15, 0.2) is 0 Å². The van der Waals surface area contributed by atoms with Crippen LogP contribution in [0.5, 0.6) is 5.75 Å². The lowest BCUT2D eigenvalue weighted by Gasteiger charge is -2.03. The molecule has 0 bridgehead atoms. The fraction of sp³-hybridized carbons (Fsp3) is 0.333. The van der Waals surface area contributed by atoms with Crippen LogP contribution < -0.4 is 10.3 Å². The number of thioether (sulfide) groups is 1. The number of aryl methyl sites for hydroxylation is 1. The quantitative estimate of drug-likeness (QED) is 0.858. The molecule has 0 aliphatic carbocycles. The Morgan fingerprint density at radius 3 is 2.62 bits per heavy atom. The van der Waals surface area contributed by atoms with Crippen LogP contribution in [0.25, 0.3) is 5.69 Å². The summed E-state index contributed by atoms with van der Waals surface area (Å²) < 4.78 is 7.30. The second-order valence-corrected chi connectivity index (χ2v) is 6.36. The molecule has 0 saturated carbocycles. The van der Waals surface area contributed by atoms with Crippen molar-refractivity contribution in [2.24, 2.45) is 0 Å². The molecule has 2 rings (SSSR count). The van der Waals surface area contributed by atoms with Crippen LogP contribution >= 0.6 is 24.0 Å². The zero-order chi connectivity index (χ0) is 15.4. The Morgan fingerprint density at radius 2 is 2.05 bits per heavy atom. The highest BCUT2D eigenvalue weighted by molar-refractivity contribution is 8.23. The van der Waals surface area contributed by atoms with Crippen LogP contribution in [-0.2, 0) is 0 Å². The van der Waals surface area contributed by atoms with Crippen LogP contribution in [-0.4, -0.2) is 26.8 Å². The Kier molecular flexibility index (Phi) is 5.25. The molecule has 0 spiro atoms. The summed E-state index contributed by atoms with van der Waals surface area (Å²) in [7, 11) is 1.61. The Bertz CT molecular complexity index is 687. The minimum Gasteiger partial charge on any atom is -0.497 e. The zero-order valence-electron chi connectivity index (χ0n) is 12.3. The molecule has 0 radical (unpaired) electrons. The van der Waals surface area contributed by atoms with E-state index in [-0.39, 0.29) is 5.56 Å². The highest BCUT2D eigenvalue weighted by Gasteiger charge is 2.16. The van der Waals surface area contributed by atoms with E-state index >= 15 is 0 Å². The lowest BCUT2D eigenvalue weighted by Crippen LogP contribution is -2.19. The maximum absolute atomic E-state index is 12.5. The van der Waals surface area contributed by atoms with E-state index in [1.165, 1.54) is 4.68 Å². The average Bonchev–Trinajstić information content (AvgIpc) is 2.80. The third-order valence-corrected chi connectivity index (χ3v) is 4.68. The van der Waals surface area contributed by atoms with Gasteiger partial charge in [0.2, 0.25) is 0 Å². The highest BCUT2D eigenvalue weighted by atomic mass is 32.2. The van der Waals surface area contributed by atoms with E-state index in [1.54, 1.807) is 18.9 Å². The van der Waals surface area contributed by atoms with Gasteiger partial charge in [0.25, 0.3) is 5.56 Å². The molecule has 0 fully saturated rings. The number of hydrogen-bond donors (Lipinski definition) is 1. The first kappa shape index (κ1) is 15.9. The monoisotopic (exact) mass is 322 g/mol. The van der Waals surface area contributed by atoms with Gasteiger partial charge in [0.1, 0.15) is 5.75 Å². The molecule has 0 saturated heterocycles. The number of benzene rings is 1. The van der Waals surface area contributed by atoms with E-state index in [2.05, 4.69) is 12.0 Å². The van der Waals surface area contributed by atoms with Crippen molar-refractivity contribution in [1.82, 2.24) is 9.78 Å². The molecule has 0 aliphatic rings. The van der Waals surface area contributed by atoms with Gasteiger partial charge in [-0.15, -0.1) is 11.8 Å². The smallest absolute Gasteiger partial charge is 0.280 e. The van der Waals surface area contributed by atoms with Gasteiger partial charge >= 0.3 is 0 Å².